The van der Waals surface area contributed by atoms with Crippen molar-refractivity contribution >= 4 is 23.5 Å². The van der Waals surface area contributed by atoms with Crippen LogP contribution in [-0.4, -0.2) is 61.5 Å². The van der Waals surface area contributed by atoms with Gasteiger partial charge < -0.3 is 19.7 Å². The molecule has 1 unspecified atom stereocenters. The molecule has 7 nitrogen and oxygen atoms in total. The van der Waals surface area contributed by atoms with Gasteiger partial charge in [0.25, 0.3) is 0 Å². The Bertz CT molecular complexity index is 398. The number of halogens is 1. The second kappa shape index (κ2) is 6.12. The van der Waals surface area contributed by atoms with Crippen LogP contribution in [0.2, 0.25) is 5.28 Å². The fraction of sp³-hybridized carbons (Fsp3) is 0.700. The summed E-state index contributed by atoms with van der Waals surface area (Å²) in [5, 5.41) is 3.24. The van der Waals surface area contributed by atoms with Crippen LogP contribution in [0.15, 0.2) is 0 Å². The van der Waals surface area contributed by atoms with Crippen molar-refractivity contribution in [2.75, 3.05) is 50.7 Å². The van der Waals surface area contributed by atoms with Crippen LogP contribution in [0.25, 0.3) is 0 Å². The highest BCUT2D eigenvalue weighted by molar-refractivity contribution is 6.28. The number of nitrogens with one attached hydrogen (secondary N) is 1. The Morgan fingerprint density at radius 3 is 2.83 bits per heavy atom. The number of ether oxygens (including phenoxy) is 2. The zero-order chi connectivity index (χ0) is 13.0. The smallest absolute Gasteiger partial charge is 0.230 e. The third kappa shape index (κ3) is 3.66. The summed E-state index contributed by atoms with van der Waals surface area (Å²) in [5.41, 5.74) is 0. The number of anilines is 2. The van der Waals surface area contributed by atoms with Gasteiger partial charge in [-0.15, -0.1) is 0 Å². The zero-order valence-electron chi connectivity index (χ0n) is 10.4. The Hall–Kier alpha value is -1.18. The molecule has 2 rings (SSSR count). The molecule has 18 heavy (non-hydrogen) atoms. The normalized spacial score (nSPS) is 19.6. The summed E-state index contributed by atoms with van der Waals surface area (Å²) < 4.78 is 10.8. The number of aromatic nitrogens is 3. The zero-order valence-corrected chi connectivity index (χ0v) is 11.1. The highest BCUT2D eigenvalue weighted by atomic mass is 35.5. The molecule has 1 aromatic rings. The summed E-state index contributed by atoms with van der Waals surface area (Å²) in [6.07, 6.45) is 0.0112. The van der Waals surface area contributed by atoms with E-state index in [-0.39, 0.29) is 11.4 Å². The van der Waals surface area contributed by atoms with Crippen LogP contribution in [0.4, 0.5) is 11.9 Å². The highest BCUT2D eigenvalue weighted by Crippen LogP contribution is 2.12. The van der Waals surface area contributed by atoms with Gasteiger partial charge in [-0.3, -0.25) is 0 Å². The topological polar surface area (TPSA) is 72.4 Å². The number of hydrogen-bond donors (Lipinski definition) is 1. The molecule has 1 aliphatic heterocycles. The van der Waals surface area contributed by atoms with Gasteiger partial charge in [0.15, 0.2) is 0 Å². The van der Waals surface area contributed by atoms with Gasteiger partial charge in [0.2, 0.25) is 17.2 Å². The average molecular weight is 274 g/mol. The fourth-order valence-corrected chi connectivity index (χ4v) is 1.63. The third-order valence-corrected chi connectivity index (χ3v) is 2.54. The van der Waals surface area contributed by atoms with E-state index in [9.17, 15) is 0 Å². The van der Waals surface area contributed by atoms with E-state index in [1.807, 2.05) is 14.1 Å². The van der Waals surface area contributed by atoms with E-state index >= 15 is 0 Å². The minimum Gasteiger partial charge on any atom is -0.376 e. The predicted octanol–water partition coefficient (Wildman–Crippen LogP) is 0.418. The Kier molecular flexibility index (Phi) is 4.51. The van der Waals surface area contributed by atoms with Crippen LogP contribution in [0.3, 0.4) is 0 Å². The van der Waals surface area contributed by atoms with Crippen LogP contribution in [0, 0.1) is 0 Å². The van der Waals surface area contributed by atoms with Gasteiger partial charge in [-0.1, -0.05) is 0 Å². The molecule has 0 radical (unpaired) electrons. The van der Waals surface area contributed by atoms with Gasteiger partial charge in [-0.2, -0.15) is 15.0 Å². The van der Waals surface area contributed by atoms with Gasteiger partial charge in [-0.05, 0) is 11.6 Å². The molecule has 1 aromatic heterocycles. The van der Waals surface area contributed by atoms with Crippen molar-refractivity contribution in [3.05, 3.63) is 5.28 Å². The number of nitrogens with zero attached hydrogens (tertiary/aromatic N) is 4. The Morgan fingerprint density at radius 1 is 1.33 bits per heavy atom. The molecule has 0 bridgehead atoms. The third-order valence-electron chi connectivity index (χ3n) is 2.37. The van der Waals surface area contributed by atoms with Crippen LogP contribution in [0.5, 0.6) is 0 Å². The maximum Gasteiger partial charge on any atom is 0.230 e. The molecule has 0 saturated carbocycles. The van der Waals surface area contributed by atoms with E-state index in [0.717, 1.165) is 0 Å². The molecule has 1 N–H and O–H groups in total. The molecule has 1 saturated heterocycles. The summed E-state index contributed by atoms with van der Waals surface area (Å²) in [5.74, 6) is 0.950. The first-order valence-electron chi connectivity index (χ1n) is 5.67. The van der Waals surface area contributed by atoms with Gasteiger partial charge in [0.05, 0.1) is 25.9 Å². The van der Waals surface area contributed by atoms with Crippen LogP contribution in [-0.2, 0) is 9.47 Å². The molecule has 2 heterocycles. The van der Waals surface area contributed by atoms with Crippen molar-refractivity contribution in [3.8, 4) is 0 Å². The van der Waals surface area contributed by atoms with Crippen molar-refractivity contribution < 1.29 is 9.47 Å². The first-order valence-corrected chi connectivity index (χ1v) is 6.05. The minimum absolute atomic E-state index is 0.0112. The molecule has 0 aromatic carbocycles. The predicted molar refractivity (Wildman–Crippen MR) is 68.2 cm³/mol. The maximum atomic E-state index is 5.83. The summed E-state index contributed by atoms with van der Waals surface area (Å²) in [6.45, 7) is 2.42. The number of hydrogen-bond acceptors (Lipinski definition) is 7. The molecule has 1 aliphatic rings. The van der Waals surface area contributed by atoms with E-state index in [4.69, 9.17) is 21.1 Å². The van der Waals surface area contributed by atoms with Crippen molar-refractivity contribution in [1.82, 2.24) is 15.0 Å². The van der Waals surface area contributed by atoms with E-state index < -0.39 is 0 Å². The molecule has 0 spiro atoms. The van der Waals surface area contributed by atoms with Gasteiger partial charge in [0, 0.05) is 20.6 Å². The standard InChI is InChI=1S/C10H16ClN5O2/c1-16(2)10-14-8(11)13-9(15-10)12-5-7-6-17-3-4-18-7/h7H,3-6H2,1-2H3,(H,12,13,14,15). The highest BCUT2D eigenvalue weighted by Gasteiger charge is 2.15. The molecule has 0 aliphatic carbocycles. The van der Waals surface area contributed by atoms with Gasteiger partial charge in [0.1, 0.15) is 0 Å². The van der Waals surface area contributed by atoms with E-state index in [1.54, 1.807) is 4.90 Å². The van der Waals surface area contributed by atoms with Crippen molar-refractivity contribution in [1.29, 1.82) is 0 Å². The summed E-state index contributed by atoms with van der Waals surface area (Å²) >= 11 is 5.83. The Morgan fingerprint density at radius 2 is 2.17 bits per heavy atom. The molecule has 0 amide bonds. The molecular weight excluding hydrogens is 258 g/mol. The average Bonchev–Trinajstić information content (AvgIpc) is 2.37. The van der Waals surface area contributed by atoms with E-state index in [0.29, 0.717) is 38.3 Å². The van der Waals surface area contributed by atoms with Gasteiger partial charge >= 0.3 is 0 Å². The monoisotopic (exact) mass is 273 g/mol. The fourth-order valence-electron chi connectivity index (χ4n) is 1.48. The number of rotatable bonds is 4. The van der Waals surface area contributed by atoms with Crippen molar-refractivity contribution in [3.63, 3.8) is 0 Å². The largest absolute Gasteiger partial charge is 0.376 e. The molecular formula is C10H16ClN5O2. The molecule has 1 fully saturated rings. The maximum absolute atomic E-state index is 5.83. The Labute approximate surface area is 110 Å². The first kappa shape index (κ1) is 13.3. The molecule has 100 valence electrons. The van der Waals surface area contributed by atoms with Crippen molar-refractivity contribution in [2.24, 2.45) is 0 Å². The quantitative estimate of drug-likeness (QED) is 0.852. The van der Waals surface area contributed by atoms with E-state index in [1.165, 1.54) is 0 Å². The second-order valence-electron chi connectivity index (χ2n) is 4.07. The lowest BCUT2D eigenvalue weighted by molar-refractivity contribution is -0.0819. The van der Waals surface area contributed by atoms with E-state index in [2.05, 4.69) is 20.3 Å². The Balaban J connectivity index is 1.95. The van der Waals surface area contributed by atoms with Crippen molar-refractivity contribution in [2.45, 2.75) is 6.10 Å². The molecule has 8 heteroatoms. The summed E-state index contributed by atoms with van der Waals surface area (Å²) in [7, 11) is 3.68. The lowest BCUT2D eigenvalue weighted by Crippen LogP contribution is -2.34. The molecule has 1 atom stereocenters. The van der Waals surface area contributed by atoms with Crippen LogP contribution >= 0.6 is 11.6 Å². The van der Waals surface area contributed by atoms with Crippen LogP contribution in [0.1, 0.15) is 0 Å². The first-order chi connectivity index (χ1) is 8.65. The second-order valence-corrected chi connectivity index (χ2v) is 4.41. The summed E-state index contributed by atoms with van der Waals surface area (Å²) in [4.78, 5) is 14.0. The van der Waals surface area contributed by atoms with Gasteiger partial charge in [-0.25, -0.2) is 0 Å². The lowest BCUT2D eigenvalue weighted by atomic mass is 10.3. The SMILES string of the molecule is CN(C)c1nc(Cl)nc(NCC2COCCO2)n1. The summed E-state index contributed by atoms with van der Waals surface area (Å²) in [6, 6.07) is 0. The lowest BCUT2D eigenvalue weighted by Gasteiger charge is -2.23. The minimum atomic E-state index is 0.0112. The van der Waals surface area contributed by atoms with Crippen LogP contribution < -0.4 is 10.2 Å².